The predicted octanol–water partition coefficient (Wildman–Crippen LogP) is 3.62. The Kier molecular flexibility index (Phi) is 2.16. The molecule has 2 aliphatic carbocycles. The molecular formula is C12H16. The molecule has 2 rings (SSSR count). The Morgan fingerprint density at radius 3 is 2.50 bits per heavy atom. The molecule has 0 N–H and O–H groups in total. The van der Waals surface area contributed by atoms with Gasteiger partial charge in [-0.05, 0) is 29.9 Å². The van der Waals surface area contributed by atoms with Crippen LogP contribution in [0.4, 0.5) is 0 Å². The minimum absolute atomic E-state index is 0.821. The molecule has 0 radical (unpaired) electrons. The van der Waals surface area contributed by atoms with E-state index in [0.29, 0.717) is 0 Å². The first-order chi connectivity index (χ1) is 5.88. The SMILES string of the molecule is C=C1C=CC=C1C1CCCCC1. The van der Waals surface area contributed by atoms with Crippen LogP contribution in [0.2, 0.25) is 0 Å². The zero-order valence-corrected chi connectivity index (χ0v) is 7.55. The third-order valence-corrected chi connectivity index (χ3v) is 2.99. The molecule has 2 aliphatic rings. The zero-order chi connectivity index (χ0) is 8.39. The number of hydrogen-bond donors (Lipinski definition) is 0. The van der Waals surface area contributed by atoms with Gasteiger partial charge in [0.1, 0.15) is 0 Å². The fourth-order valence-corrected chi connectivity index (χ4v) is 2.28. The van der Waals surface area contributed by atoms with Crippen LogP contribution < -0.4 is 0 Å². The Hall–Kier alpha value is -0.780. The Labute approximate surface area is 74.7 Å². The number of allylic oxidation sites excluding steroid dienone is 5. The van der Waals surface area contributed by atoms with Gasteiger partial charge in [0.15, 0.2) is 0 Å². The molecule has 0 aromatic rings. The summed E-state index contributed by atoms with van der Waals surface area (Å²) >= 11 is 0. The second-order valence-electron chi connectivity index (χ2n) is 3.84. The molecule has 1 fully saturated rings. The van der Waals surface area contributed by atoms with Gasteiger partial charge in [-0.1, -0.05) is 44.1 Å². The van der Waals surface area contributed by atoms with Crippen LogP contribution in [0.25, 0.3) is 0 Å². The Morgan fingerprint density at radius 1 is 1.17 bits per heavy atom. The molecule has 0 unspecified atom stereocenters. The van der Waals surface area contributed by atoms with Crippen molar-refractivity contribution < 1.29 is 0 Å². The molecule has 1 saturated carbocycles. The van der Waals surface area contributed by atoms with Crippen molar-refractivity contribution in [3.8, 4) is 0 Å². The van der Waals surface area contributed by atoms with E-state index >= 15 is 0 Å². The predicted molar refractivity (Wildman–Crippen MR) is 52.9 cm³/mol. The molecule has 0 aromatic carbocycles. The fraction of sp³-hybridized carbons (Fsp3) is 0.500. The summed E-state index contributed by atoms with van der Waals surface area (Å²) in [6.07, 6.45) is 13.5. The van der Waals surface area contributed by atoms with Crippen molar-refractivity contribution in [1.82, 2.24) is 0 Å². The summed E-state index contributed by atoms with van der Waals surface area (Å²) in [6, 6.07) is 0. The van der Waals surface area contributed by atoms with Crippen LogP contribution >= 0.6 is 0 Å². The molecular weight excluding hydrogens is 144 g/mol. The maximum atomic E-state index is 4.06. The molecule has 0 nitrogen and oxygen atoms in total. The maximum Gasteiger partial charge on any atom is -0.0156 e. The van der Waals surface area contributed by atoms with Gasteiger partial charge < -0.3 is 0 Å². The molecule has 0 heterocycles. The first kappa shape index (κ1) is 7.85. The van der Waals surface area contributed by atoms with Crippen LogP contribution in [0.3, 0.4) is 0 Å². The monoisotopic (exact) mass is 160 g/mol. The third kappa shape index (κ3) is 1.38. The van der Waals surface area contributed by atoms with Crippen LogP contribution in [-0.4, -0.2) is 0 Å². The summed E-state index contributed by atoms with van der Waals surface area (Å²) in [6.45, 7) is 4.06. The van der Waals surface area contributed by atoms with Gasteiger partial charge in [-0.2, -0.15) is 0 Å². The minimum Gasteiger partial charge on any atom is -0.0915 e. The van der Waals surface area contributed by atoms with E-state index in [1.807, 2.05) is 0 Å². The Balaban J connectivity index is 2.04. The lowest BCUT2D eigenvalue weighted by atomic mass is 9.82. The average molecular weight is 160 g/mol. The van der Waals surface area contributed by atoms with E-state index < -0.39 is 0 Å². The Morgan fingerprint density at radius 2 is 1.92 bits per heavy atom. The lowest BCUT2D eigenvalue weighted by Crippen LogP contribution is -2.08. The first-order valence-corrected chi connectivity index (χ1v) is 4.95. The average Bonchev–Trinajstić information content (AvgIpc) is 2.53. The summed E-state index contributed by atoms with van der Waals surface area (Å²) in [7, 11) is 0. The summed E-state index contributed by atoms with van der Waals surface area (Å²) in [5, 5.41) is 0. The third-order valence-electron chi connectivity index (χ3n) is 2.99. The molecule has 0 spiro atoms. The van der Waals surface area contributed by atoms with Crippen molar-refractivity contribution >= 4 is 0 Å². The van der Waals surface area contributed by atoms with E-state index in [4.69, 9.17) is 0 Å². The Bertz CT molecular complexity index is 237. The standard InChI is InChI=1S/C12H16/c1-10-6-5-9-12(10)11-7-3-2-4-8-11/h5-6,9,11H,1-4,7-8H2. The summed E-state index contributed by atoms with van der Waals surface area (Å²) in [4.78, 5) is 0. The van der Waals surface area contributed by atoms with Crippen LogP contribution in [0.15, 0.2) is 36.0 Å². The highest BCUT2D eigenvalue weighted by Crippen LogP contribution is 2.35. The van der Waals surface area contributed by atoms with Gasteiger partial charge in [-0.15, -0.1) is 0 Å². The van der Waals surface area contributed by atoms with E-state index in [-0.39, 0.29) is 0 Å². The van der Waals surface area contributed by atoms with E-state index in [1.165, 1.54) is 43.3 Å². The molecule has 0 aliphatic heterocycles. The highest BCUT2D eigenvalue weighted by molar-refractivity contribution is 5.47. The van der Waals surface area contributed by atoms with Gasteiger partial charge in [0.25, 0.3) is 0 Å². The molecule has 64 valence electrons. The van der Waals surface area contributed by atoms with Crippen LogP contribution in [0.5, 0.6) is 0 Å². The van der Waals surface area contributed by atoms with Gasteiger partial charge in [0.2, 0.25) is 0 Å². The fourth-order valence-electron chi connectivity index (χ4n) is 2.28. The van der Waals surface area contributed by atoms with Crippen molar-refractivity contribution in [1.29, 1.82) is 0 Å². The van der Waals surface area contributed by atoms with E-state index in [9.17, 15) is 0 Å². The summed E-state index contributed by atoms with van der Waals surface area (Å²) in [5.41, 5.74) is 2.76. The normalized spacial score (nSPS) is 24.7. The number of hydrogen-bond acceptors (Lipinski definition) is 0. The lowest BCUT2D eigenvalue weighted by molar-refractivity contribution is 0.407. The van der Waals surface area contributed by atoms with Gasteiger partial charge >= 0.3 is 0 Å². The summed E-state index contributed by atoms with van der Waals surface area (Å²) < 4.78 is 0. The highest BCUT2D eigenvalue weighted by Gasteiger charge is 2.19. The minimum atomic E-state index is 0.821. The van der Waals surface area contributed by atoms with E-state index in [1.54, 1.807) is 0 Å². The second kappa shape index (κ2) is 3.30. The quantitative estimate of drug-likeness (QED) is 0.549. The molecule has 12 heavy (non-hydrogen) atoms. The molecule has 0 atom stereocenters. The summed E-state index contributed by atoms with van der Waals surface area (Å²) in [5.74, 6) is 0.821. The lowest BCUT2D eigenvalue weighted by Gasteiger charge is -2.23. The molecule has 0 saturated heterocycles. The van der Waals surface area contributed by atoms with Crippen molar-refractivity contribution in [3.63, 3.8) is 0 Å². The highest BCUT2D eigenvalue weighted by atomic mass is 14.2. The number of rotatable bonds is 1. The van der Waals surface area contributed by atoms with Gasteiger partial charge in [-0.25, -0.2) is 0 Å². The molecule has 0 amide bonds. The van der Waals surface area contributed by atoms with Gasteiger partial charge in [0.05, 0.1) is 0 Å². The maximum absolute atomic E-state index is 4.06. The van der Waals surface area contributed by atoms with Gasteiger partial charge in [0, 0.05) is 0 Å². The molecule has 0 bridgehead atoms. The second-order valence-corrected chi connectivity index (χ2v) is 3.84. The van der Waals surface area contributed by atoms with E-state index in [2.05, 4.69) is 24.8 Å². The smallest absolute Gasteiger partial charge is 0.0156 e. The van der Waals surface area contributed by atoms with Crippen LogP contribution in [-0.2, 0) is 0 Å². The molecule has 0 heteroatoms. The van der Waals surface area contributed by atoms with Crippen molar-refractivity contribution in [2.45, 2.75) is 32.1 Å². The largest absolute Gasteiger partial charge is 0.0915 e. The molecule has 0 aromatic heterocycles. The van der Waals surface area contributed by atoms with Crippen molar-refractivity contribution in [2.24, 2.45) is 5.92 Å². The van der Waals surface area contributed by atoms with E-state index in [0.717, 1.165) is 5.92 Å². The topological polar surface area (TPSA) is 0 Å². The van der Waals surface area contributed by atoms with Gasteiger partial charge in [-0.3, -0.25) is 0 Å². The zero-order valence-electron chi connectivity index (χ0n) is 7.55. The van der Waals surface area contributed by atoms with Crippen LogP contribution in [0.1, 0.15) is 32.1 Å². The van der Waals surface area contributed by atoms with Crippen molar-refractivity contribution in [2.75, 3.05) is 0 Å². The first-order valence-electron chi connectivity index (χ1n) is 4.95. The van der Waals surface area contributed by atoms with Crippen LogP contribution in [0, 0.1) is 5.92 Å². The van der Waals surface area contributed by atoms with Crippen molar-refractivity contribution in [3.05, 3.63) is 36.0 Å².